The Balaban J connectivity index is 1.65. The van der Waals surface area contributed by atoms with Gasteiger partial charge in [-0.05, 0) is 61.8 Å². The zero-order chi connectivity index (χ0) is 25.0. The lowest BCUT2D eigenvalue weighted by Gasteiger charge is -2.22. The van der Waals surface area contributed by atoms with Crippen LogP contribution in [-0.4, -0.2) is 41.5 Å². The van der Waals surface area contributed by atoms with E-state index in [2.05, 4.69) is 33.5 Å². The fraction of sp³-hybridized carbons (Fsp3) is 0.444. The third kappa shape index (κ3) is 8.32. The Labute approximate surface area is 221 Å². The van der Waals surface area contributed by atoms with Gasteiger partial charge in [-0.1, -0.05) is 67.1 Å². The lowest BCUT2D eigenvalue weighted by molar-refractivity contribution is 0.0762. The summed E-state index contributed by atoms with van der Waals surface area (Å²) in [7, 11) is 0. The molecule has 6 nitrogen and oxygen atoms in total. The molecule has 188 valence electrons. The van der Waals surface area contributed by atoms with Gasteiger partial charge in [-0.2, -0.15) is 0 Å². The lowest BCUT2D eigenvalue weighted by Crippen LogP contribution is -2.36. The van der Waals surface area contributed by atoms with Crippen molar-refractivity contribution < 1.29 is 14.3 Å². The molecule has 0 atom stereocenters. The van der Waals surface area contributed by atoms with Gasteiger partial charge in [-0.25, -0.2) is 0 Å². The van der Waals surface area contributed by atoms with Gasteiger partial charge < -0.3 is 15.0 Å². The highest BCUT2D eigenvalue weighted by Crippen LogP contribution is 2.24. The number of para-hydroxylation sites is 1. The first-order valence-electron chi connectivity index (χ1n) is 12.4. The molecule has 1 saturated heterocycles. The molecule has 0 unspecified atom stereocenters. The van der Waals surface area contributed by atoms with Crippen LogP contribution in [0.5, 0.6) is 5.75 Å². The van der Waals surface area contributed by atoms with Crippen LogP contribution < -0.4 is 15.4 Å². The zero-order valence-electron chi connectivity index (χ0n) is 20.3. The molecule has 0 aliphatic carbocycles. The van der Waals surface area contributed by atoms with E-state index >= 15 is 0 Å². The summed E-state index contributed by atoms with van der Waals surface area (Å²) in [5, 5.41) is 5.91. The van der Waals surface area contributed by atoms with Gasteiger partial charge in [0, 0.05) is 17.6 Å². The number of anilines is 1. The highest BCUT2D eigenvalue weighted by Gasteiger charge is 2.21. The summed E-state index contributed by atoms with van der Waals surface area (Å²) in [6.07, 6.45) is 8.70. The molecule has 1 aliphatic heterocycles. The molecule has 35 heavy (non-hydrogen) atoms. The third-order valence-corrected chi connectivity index (χ3v) is 6.67. The Morgan fingerprint density at radius 2 is 1.74 bits per heavy atom. The molecule has 2 aromatic rings. The average molecular weight is 561 g/mol. The second kappa shape index (κ2) is 14.2. The van der Waals surface area contributed by atoms with Gasteiger partial charge >= 0.3 is 0 Å². The average Bonchev–Trinajstić information content (AvgIpc) is 3.14. The van der Waals surface area contributed by atoms with Crippen LogP contribution in [0, 0.1) is 0 Å². The summed E-state index contributed by atoms with van der Waals surface area (Å²) in [6, 6.07) is 12.6. The summed E-state index contributed by atoms with van der Waals surface area (Å²) in [5.41, 5.74) is 1.52. The molecule has 2 amide bonds. The van der Waals surface area contributed by atoms with Crippen molar-refractivity contribution in [3.63, 3.8) is 0 Å². The van der Waals surface area contributed by atoms with E-state index in [0.717, 1.165) is 62.5 Å². The zero-order valence-corrected chi connectivity index (χ0v) is 22.7. The monoisotopic (exact) mass is 559 g/mol. The second-order valence-electron chi connectivity index (χ2n) is 8.71. The number of amides is 2. The predicted molar refractivity (Wildman–Crippen MR) is 148 cm³/mol. The molecule has 2 N–H and O–H groups in total. The van der Waals surface area contributed by atoms with Crippen molar-refractivity contribution in [1.82, 2.24) is 10.2 Å². The van der Waals surface area contributed by atoms with Crippen LogP contribution in [0.15, 0.2) is 46.9 Å². The van der Waals surface area contributed by atoms with E-state index in [4.69, 9.17) is 17.0 Å². The van der Waals surface area contributed by atoms with E-state index in [1.54, 1.807) is 24.3 Å². The van der Waals surface area contributed by atoms with Crippen molar-refractivity contribution in [2.24, 2.45) is 0 Å². The SMILES string of the molecule is CCCCCCOc1ccc(Br)cc1C(=O)NC(=S)Nc1ccccc1C(=O)N1CCCCCC1. The summed E-state index contributed by atoms with van der Waals surface area (Å²) < 4.78 is 6.66. The number of ether oxygens (including phenoxy) is 1. The molecule has 0 bridgehead atoms. The molecule has 1 heterocycles. The van der Waals surface area contributed by atoms with Crippen molar-refractivity contribution in [1.29, 1.82) is 0 Å². The van der Waals surface area contributed by atoms with Crippen molar-refractivity contribution in [2.75, 3.05) is 25.0 Å². The fourth-order valence-corrected chi connectivity index (χ4v) is 4.63. The first-order chi connectivity index (χ1) is 17.0. The third-order valence-electron chi connectivity index (χ3n) is 5.97. The minimum absolute atomic E-state index is 0.0186. The van der Waals surface area contributed by atoms with Crippen LogP contribution in [0.2, 0.25) is 0 Å². The molecule has 0 radical (unpaired) electrons. The molecule has 0 spiro atoms. The van der Waals surface area contributed by atoms with Crippen LogP contribution in [-0.2, 0) is 0 Å². The van der Waals surface area contributed by atoms with E-state index < -0.39 is 0 Å². The largest absolute Gasteiger partial charge is 0.493 e. The highest BCUT2D eigenvalue weighted by atomic mass is 79.9. The topological polar surface area (TPSA) is 70.7 Å². The molecule has 0 aromatic heterocycles. The summed E-state index contributed by atoms with van der Waals surface area (Å²) >= 11 is 8.86. The first kappa shape index (κ1) is 27.1. The van der Waals surface area contributed by atoms with Gasteiger partial charge in [0.1, 0.15) is 5.75 Å². The lowest BCUT2D eigenvalue weighted by atomic mass is 10.1. The number of benzene rings is 2. The van der Waals surface area contributed by atoms with E-state index in [9.17, 15) is 9.59 Å². The van der Waals surface area contributed by atoms with E-state index in [0.29, 0.717) is 29.2 Å². The highest BCUT2D eigenvalue weighted by molar-refractivity contribution is 9.10. The number of likely N-dealkylation sites (tertiary alicyclic amines) is 1. The second-order valence-corrected chi connectivity index (χ2v) is 10.0. The molecule has 1 aliphatic rings. The maximum absolute atomic E-state index is 13.2. The standard InChI is InChI=1S/C27H34BrN3O3S/c1-2-3-4-11-18-34-24-15-14-20(28)19-22(24)25(32)30-27(35)29-23-13-8-7-12-21(23)26(33)31-16-9-5-6-10-17-31/h7-8,12-15,19H,2-6,9-11,16-18H2,1H3,(H2,29,30,32,35). The molecule has 3 rings (SSSR count). The quantitative estimate of drug-likeness (QED) is 0.269. The molecule has 8 heteroatoms. The predicted octanol–water partition coefficient (Wildman–Crippen LogP) is 6.55. The Morgan fingerprint density at radius 1 is 1.00 bits per heavy atom. The maximum Gasteiger partial charge on any atom is 0.261 e. The summed E-state index contributed by atoms with van der Waals surface area (Å²) in [6.45, 7) is 4.24. The first-order valence-corrected chi connectivity index (χ1v) is 13.6. The van der Waals surface area contributed by atoms with E-state index in [1.165, 1.54) is 6.42 Å². The number of hydrogen-bond donors (Lipinski definition) is 2. The minimum atomic E-state index is -0.372. The van der Waals surface area contributed by atoms with Gasteiger partial charge in [0.25, 0.3) is 11.8 Å². The summed E-state index contributed by atoms with van der Waals surface area (Å²) in [5.74, 6) is 0.125. The van der Waals surface area contributed by atoms with Crippen LogP contribution >= 0.6 is 28.1 Å². The number of carbonyl (C=O) groups excluding carboxylic acids is 2. The van der Waals surface area contributed by atoms with Crippen molar-refractivity contribution in [2.45, 2.75) is 58.3 Å². The number of rotatable bonds is 9. The minimum Gasteiger partial charge on any atom is -0.493 e. The number of halogens is 1. The van der Waals surface area contributed by atoms with Crippen LogP contribution in [0.1, 0.15) is 79.0 Å². The van der Waals surface area contributed by atoms with Crippen molar-refractivity contribution in [3.05, 3.63) is 58.1 Å². The van der Waals surface area contributed by atoms with Gasteiger partial charge in [0.05, 0.1) is 23.4 Å². The number of nitrogens with one attached hydrogen (secondary N) is 2. The molecule has 1 fully saturated rings. The van der Waals surface area contributed by atoms with Crippen LogP contribution in [0.25, 0.3) is 0 Å². The number of carbonyl (C=O) groups is 2. The molecular weight excluding hydrogens is 526 g/mol. The fourth-order valence-electron chi connectivity index (χ4n) is 4.06. The van der Waals surface area contributed by atoms with Crippen LogP contribution in [0.4, 0.5) is 5.69 Å². The smallest absolute Gasteiger partial charge is 0.261 e. The molecule has 2 aromatic carbocycles. The van der Waals surface area contributed by atoms with Gasteiger partial charge in [-0.15, -0.1) is 0 Å². The Kier molecular flexibility index (Phi) is 11.0. The Bertz CT molecular complexity index is 1020. The summed E-state index contributed by atoms with van der Waals surface area (Å²) in [4.78, 5) is 28.1. The molecular formula is C27H34BrN3O3S. The Morgan fingerprint density at radius 3 is 2.49 bits per heavy atom. The number of unbranched alkanes of at least 4 members (excludes halogenated alkanes) is 3. The van der Waals surface area contributed by atoms with Gasteiger partial charge in [0.15, 0.2) is 5.11 Å². The maximum atomic E-state index is 13.2. The number of hydrogen-bond acceptors (Lipinski definition) is 4. The van der Waals surface area contributed by atoms with Crippen LogP contribution in [0.3, 0.4) is 0 Å². The van der Waals surface area contributed by atoms with Crippen molar-refractivity contribution >= 4 is 50.8 Å². The number of nitrogens with zero attached hydrogens (tertiary/aromatic N) is 1. The van der Waals surface area contributed by atoms with E-state index in [1.807, 2.05) is 23.1 Å². The number of thiocarbonyl (C=S) groups is 1. The normalized spacial score (nSPS) is 13.6. The van der Waals surface area contributed by atoms with Gasteiger partial charge in [-0.3, -0.25) is 14.9 Å². The van der Waals surface area contributed by atoms with E-state index in [-0.39, 0.29) is 16.9 Å². The molecule has 0 saturated carbocycles. The Hall–Kier alpha value is -2.45. The van der Waals surface area contributed by atoms with Crippen molar-refractivity contribution in [3.8, 4) is 5.75 Å². The van der Waals surface area contributed by atoms with Gasteiger partial charge in [0.2, 0.25) is 0 Å².